The molecule has 6 nitrogen and oxygen atoms in total. The Bertz CT molecular complexity index is 682. The first-order valence-corrected chi connectivity index (χ1v) is 9.44. The van der Waals surface area contributed by atoms with Crippen molar-refractivity contribution in [2.45, 2.75) is 24.9 Å². The van der Waals surface area contributed by atoms with Crippen LogP contribution in [-0.2, 0) is 19.1 Å². The van der Waals surface area contributed by atoms with Crippen LogP contribution in [0.15, 0.2) is 24.3 Å². The standard InChI is InChI=1S/C20H26N2O4.ClH/c1-25-20-15-7-3-2-6-14(15)16-10-21(11-17(16)20)8-4-5-9-22-18(23)12-26-13-19(22)24;/h2-3,6-7,16-17,20H,4-5,8-13H2,1H3;1H. The van der Waals surface area contributed by atoms with Crippen LogP contribution >= 0.6 is 12.4 Å². The van der Waals surface area contributed by atoms with Crippen molar-refractivity contribution in [3.05, 3.63) is 35.4 Å². The number of methoxy groups -OCH3 is 1. The summed E-state index contributed by atoms with van der Waals surface area (Å²) in [6.07, 6.45) is 2.02. The second kappa shape index (κ2) is 8.69. The first kappa shape index (κ1) is 20.3. The van der Waals surface area contributed by atoms with Gasteiger partial charge in [0.15, 0.2) is 0 Å². The summed E-state index contributed by atoms with van der Waals surface area (Å²) in [5.74, 6) is 0.659. The molecular weight excluding hydrogens is 368 g/mol. The molecule has 1 aliphatic carbocycles. The molecule has 3 atom stereocenters. The van der Waals surface area contributed by atoms with Crippen molar-refractivity contribution in [2.24, 2.45) is 5.92 Å². The van der Waals surface area contributed by atoms with Crippen LogP contribution < -0.4 is 0 Å². The summed E-state index contributed by atoms with van der Waals surface area (Å²) in [7, 11) is 1.81. The molecule has 1 aromatic carbocycles. The number of fused-ring (bicyclic) bond motifs is 3. The van der Waals surface area contributed by atoms with Gasteiger partial charge >= 0.3 is 0 Å². The van der Waals surface area contributed by atoms with E-state index in [1.807, 2.05) is 7.11 Å². The molecule has 0 aromatic heterocycles. The molecule has 0 saturated carbocycles. The summed E-state index contributed by atoms with van der Waals surface area (Å²) < 4.78 is 10.8. The number of likely N-dealkylation sites (tertiary alicyclic amines) is 1. The fraction of sp³-hybridized carbons (Fsp3) is 0.600. The van der Waals surface area contributed by atoms with Gasteiger partial charge in [-0.3, -0.25) is 14.5 Å². The van der Waals surface area contributed by atoms with E-state index < -0.39 is 0 Å². The predicted molar refractivity (Wildman–Crippen MR) is 103 cm³/mol. The van der Waals surface area contributed by atoms with Crippen LogP contribution in [0.4, 0.5) is 0 Å². The normalized spacial score (nSPS) is 27.4. The van der Waals surface area contributed by atoms with Gasteiger partial charge in [0.2, 0.25) is 0 Å². The van der Waals surface area contributed by atoms with Crippen LogP contribution in [-0.4, -0.2) is 68.1 Å². The number of rotatable bonds is 6. The van der Waals surface area contributed by atoms with Crippen molar-refractivity contribution < 1.29 is 19.1 Å². The van der Waals surface area contributed by atoms with E-state index in [-0.39, 0.29) is 43.5 Å². The van der Waals surface area contributed by atoms with Crippen LogP contribution in [0.5, 0.6) is 0 Å². The predicted octanol–water partition coefficient (Wildman–Crippen LogP) is 1.99. The molecule has 0 N–H and O–H groups in total. The average molecular weight is 395 g/mol. The number of morpholine rings is 1. The number of amides is 2. The van der Waals surface area contributed by atoms with E-state index in [1.54, 1.807) is 0 Å². The molecule has 148 valence electrons. The van der Waals surface area contributed by atoms with Gasteiger partial charge in [-0.05, 0) is 30.5 Å². The molecule has 0 bridgehead atoms. The number of halogens is 1. The van der Waals surface area contributed by atoms with Gasteiger partial charge < -0.3 is 14.4 Å². The van der Waals surface area contributed by atoms with E-state index in [0.29, 0.717) is 18.4 Å². The van der Waals surface area contributed by atoms with E-state index >= 15 is 0 Å². The minimum absolute atomic E-state index is 0. The lowest BCUT2D eigenvalue weighted by atomic mass is 9.96. The van der Waals surface area contributed by atoms with Gasteiger partial charge in [0.25, 0.3) is 11.8 Å². The van der Waals surface area contributed by atoms with E-state index in [2.05, 4.69) is 29.2 Å². The molecule has 2 aliphatic heterocycles. The highest BCUT2D eigenvalue weighted by atomic mass is 35.5. The summed E-state index contributed by atoms with van der Waals surface area (Å²) in [6.45, 7) is 3.67. The number of benzene rings is 1. The van der Waals surface area contributed by atoms with Crippen LogP contribution in [0.25, 0.3) is 0 Å². The summed E-state index contributed by atoms with van der Waals surface area (Å²) in [5, 5.41) is 0. The van der Waals surface area contributed by atoms with Gasteiger partial charge in [-0.25, -0.2) is 0 Å². The highest BCUT2D eigenvalue weighted by molar-refractivity contribution is 5.98. The number of hydrogen-bond donors (Lipinski definition) is 0. The van der Waals surface area contributed by atoms with Gasteiger partial charge in [0, 0.05) is 38.6 Å². The number of carbonyl (C=O) groups is 2. The maximum atomic E-state index is 11.7. The van der Waals surface area contributed by atoms with Crippen molar-refractivity contribution in [1.82, 2.24) is 9.80 Å². The topological polar surface area (TPSA) is 59.1 Å². The van der Waals surface area contributed by atoms with Crippen molar-refractivity contribution in [1.29, 1.82) is 0 Å². The van der Waals surface area contributed by atoms with Crippen LogP contribution in [0, 0.1) is 5.92 Å². The highest BCUT2D eigenvalue weighted by Crippen LogP contribution is 2.50. The molecule has 0 radical (unpaired) electrons. The third-order valence-electron chi connectivity index (χ3n) is 5.94. The molecule has 2 fully saturated rings. The third kappa shape index (κ3) is 3.90. The Morgan fingerprint density at radius 2 is 1.70 bits per heavy atom. The number of carbonyl (C=O) groups excluding carboxylic acids is 2. The Balaban J connectivity index is 0.00000210. The number of imide groups is 1. The Morgan fingerprint density at radius 3 is 2.41 bits per heavy atom. The smallest absolute Gasteiger partial charge is 0.255 e. The molecule has 2 heterocycles. The molecule has 27 heavy (non-hydrogen) atoms. The van der Waals surface area contributed by atoms with Crippen molar-refractivity contribution in [2.75, 3.05) is 46.5 Å². The second-order valence-electron chi connectivity index (χ2n) is 7.45. The van der Waals surface area contributed by atoms with Gasteiger partial charge in [-0.2, -0.15) is 0 Å². The minimum Gasteiger partial charge on any atom is -0.376 e. The fourth-order valence-corrected chi connectivity index (χ4v) is 4.75. The number of ether oxygens (including phenoxy) is 2. The fourth-order valence-electron chi connectivity index (χ4n) is 4.75. The zero-order valence-electron chi connectivity index (χ0n) is 15.6. The number of hydrogen-bond acceptors (Lipinski definition) is 5. The second-order valence-corrected chi connectivity index (χ2v) is 7.45. The molecule has 1 aromatic rings. The van der Waals surface area contributed by atoms with Crippen LogP contribution in [0.1, 0.15) is 36.0 Å². The molecule has 3 unspecified atom stereocenters. The summed E-state index contributed by atoms with van der Waals surface area (Å²) in [4.78, 5) is 27.3. The van der Waals surface area contributed by atoms with Crippen LogP contribution in [0.2, 0.25) is 0 Å². The van der Waals surface area contributed by atoms with Crippen molar-refractivity contribution >= 4 is 24.2 Å². The SMILES string of the molecule is COC1c2ccccc2C2CN(CCCCN3C(=O)COCC3=O)CC21.Cl. The molecular formula is C20H27ClN2O4. The van der Waals surface area contributed by atoms with Gasteiger partial charge in [-0.15, -0.1) is 12.4 Å². The molecule has 2 amide bonds. The van der Waals surface area contributed by atoms with Crippen molar-refractivity contribution in [3.63, 3.8) is 0 Å². The van der Waals surface area contributed by atoms with Gasteiger partial charge in [0.1, 0.15) is 13.2 Å². The molecule has 2 saturated heterocycles. The quantitative estimate of drug-likeness (QED) is 0.545. The highest BCUT2D eigenvalue weighted by Gasteiger charge is 2.46. The van der Waals surface area contributed by atoms with Gasteiger partial charge in [0.05, 0.1) is 6.10 Å². The Morgan fingerprint density at radius 1 is 1.04 bits per heavy atom. The lowest BCUT2D eigenvalue weighted by Crippen LogP contribution is -2.46. The Hall–Kier alpha value is -1.47. The van der Waals surface area contributed by atoms with Gasteiger partial charge in [-0.1, -0.05) is 24.3 Å². The molecule has 0 spiro atoms. The van der Waals surface area contributed by atoms with E-state index in [9.17, 15) is 9.59 Å². The van der Waals surface area contributed by atoms with Crippen LogP contribution in [0.3, 0.4) is 0 Å². The Labute approximate surface area is 166 Å². The zero-order chi connectivity index (χ0) is 18.1. The minimum atomic E-state index is -0.212. The first-order chi connectivity index (χ1) is 12.7. The zero-order valence-corrected chi connectivity index (χ0v) is 16.5. The largest absolute Gasteiger partial charge is 0.376 e. The van der Waals surface area contributed by atoms with E-state index in [4.69, 9.17) is 9.47 Å². The van der Waals surface area contributed by atoms with E-state index in [1.165, 1.54) is 16.0 Å². The first-order valence-electron chi connectivity index (χ1n) is 9.44. The lowest BCUT2D eigenvalue weighted by molar-refractivity contribution is -0.158. The summed E-state index contributed by atoms with van der Waals surface area (Å²) in [6, 6.07) is 8.65. The third-order valence-corrected chi connectivity index (χ3v) is 5.94. The molecule has 4 rings (SSSR count). The van der Waals surface area contributed by atoms with E-state index in [0.717, 1.165) is 32.5 Å². The number of unbranched alkanes of at least 4 members (excludes halogenated alkanes) is 1. The monoisotopic (exact) mass is 394 g/mol. The molecule has 7 heteroatoms. The summed E-state index contributed by atoms with van der Waals surface area (Å²) in [5.41, 5.74) is 2.80. The maximum Gasteiger partial charge on any atom is 0.255 e. The number of nitrogens with zero attached hydrogens (tertiary/aromatic N) is 2. The molecule has 3 aliphatic rings. The Kier molecular flexibility index (Phi) is 6.52. The maximum absolute atomic E-state index is 11.7. The average Bonchev–Trinajstić information content (AvgIpc) is 3.17. The van der Waals surface area contributed by atoms with Crippen molar-refractivity contribution in [3.8, 4) is 0 Å². The lowest BCUT2D eigenvalue weighted by Gasteiger charge is -2.25. The summed E-state index contributed by atoms with van der Waals surface area (Å²) >= 11 is 0.